The molecule has 1 fully saturated rings. The van der Waals surface area contributed by atoms with Crippen molar-refractivity contribution in [2.24, 2.45) is 5.92 Å². The third kappa shape index (κ3) is 4.51. The van der Waals surface area contributed by atoms with E-state index in [4.69, 9.17) is 0 Å². The molecule has 1 aromatic heterocycles. The van der Waals surface area contributed by atoms with Gasteiger partial charge in [0.25, 0.3) is 0 Å². The lowest BCUT2D eigenvalue weighted by Crippen LogP contribution is -2.39. The number of benzene rings is 1. The molecule has 6 heteroatoms. The molecule has 2 aromatic rings. The quantitative estimate of drug-likeness (QED) is 0.752. The Balaban J connectivity index is 1.72. The van der Waals surface area contributed by atoms with Gasteiger partial charge in [0.1, 0.15) is 6.54 Å². The van der Waals surface area contributed by atoms with E-state index >= 15 is 0 Å². The minimum atomic E-state index is -0.480. The fraction of sp³-hybridized carbons (Fsp3) is 0.579. The smallest absolute Gasteiger partial charge is 0.240 e. The van der Waals surface area contributed by atoms with Crippen molar-refractivity contribution in [1.82, 2.24) is 14.9 Å². The van der Waals surface area contributed by atoms with Gasteiger partial charge in [-0.1, -0.05) is 19.1 Å². The van der Waals surface area contributed by atoms with E-state index in [-0.39, 0.29) is 18.5 Å². The van der Waals surface area contributed by atoms with E-state index < -0.39 is 6.10 Å². The molecule has 3 N–H and O–H groups in total. The zero-order valence-corrected chi connectivity index (χ0v) is 15.0. The number of imidazole rings is 1. The summed E-state index contributed by atoms with van der Waals surface area (Å²) in [4.78, 5) is 17.1. The van der Waals surface area contributed by atoms with Gasteiger partial charge >= 0.3 is 0 Å². The molecule has 25 heavy (non-hydrogen) atoms. The summed E-state index contributed by atoms with van der Waals surface area (Å²) in [6.07, 6.45) is 4.00. The van der Waals surface area contributed by atoms with Crippen LogP contribution in [0.5, 0.6) is 0 Å². The first-order valence-electron chi connectivity index (χ1n) is 9.19. The maximum absolute atomic E-state index is 12.6. The minimum Gasteiger partial charge on any atom is -0.392 e. The van der Waals surface area contributed by atoms with Crippen LogP contribution < -0.4 is 10.6 Å². The number of aliphatic hydroxyl groups is 1. The lowest BCUT2D eigenvalue weighted by Gasteiger charge is -2.27. The Hall–Kier alpha value is -2.08. The first kappa shape index (κ1) is 17.7. The standard InChI is InChI=1S/C19H28N4O2/c1-13-7-9-15(10-8-13)21-18(25)12-23-17-6-4-3-5-16(17)22-19(23)20-11-14(2)24/h3-6,13-15,24H,7-12H2,1-2H3,(H,20,22)(H,21,25)/t13?,14-,15?/m0/s1. The van der Waals surface area contributed by atoms with Gasteiger partial charge in [-0.05, 0) is 50.7 Å². The maximum atomic E-state index is 12.6. The molecule has 6 nitrogen and oxygen atoms in total. The zero-order chi connectivity index (χ0) is 17.8. The van der Waals surface area contributed by atoms with E-state index in [9.17, 15) is 9.90 Å². The van der Waals surface area contributed by atoms with Crippen molar-refractivity contribution in [3.05, 3.63) is 24.3 Å². The molecule has 1 aliphatic rings. The van der Waals surface area contributed by atoms with Crippen LogP contribution in [-0.2, 0) is 11.3 Å². The van der Waals surface area contributed by atoms with E-state index in [1.165, 1.54) is 12.8 Å². The number of amides is 1. The number of hydrogen-bond donors (Lipinski definition) is 3. The summed E-state index contributed by atoms with van der Waals surface area (Å²) in [5.74, 6) is 1.40. The van der Waals surface area contributed by atoms with E-state index in [0.717, 1.165) is 29.8 Å². The van der Waals surface area contributed by atoms with E-state index in [1.54, 1.807) is 6.92 Å². The number of nitrogens with one attached hydrogen (secondary N) is 2. The molecule has 136 valence electrons. The monoisotopic (exact) mass is 344 g/mol. The summed E-state index contributed by atoms with van der Waals surface area (Å²) in [6, 6.07) is 8.05. The molecule has 0 bridgehead atoms. The second kappa shape index (κ2) is 7.87. The van der Waals surface area contributed by atoms with Crippen molar-refractivity contribution in [3.63, 3.8) is 0 Å². The molecule has 0 unspecified atom stereocenters. The Morgan fingerprint density at radius 1 is 1.32 bits per heavy atom. The predicted octanol–water partition coefficient (Wildman–Crippen LogP) is 2.52. The summed E-state index contributed by atoms with van der Waals surface area (Å²) >= 11 is 0. The molecular weight excluding hydrogens is 316 g/mol. The van der Waals surface area contributed by atoms with Crippen LogP contribution in [-0.4, -0.2) is 39.3 Å². The number of hydrogen-bond acceptors (Lipinski definition) is 4. The van der Waals surface area contributed by atoms with Gasteiger partial charge in [0, 0.05) is 12.6 Å². The van der Waals surface area contributed by atoms with Gasteiger partial charge in [0.05, 0.1) is 17.1 Å². The largest absolute Gasteiger partial charge is 0.392 e. The predicted molar refractivity (Wildman–Crippen MR) is 99.5 cm³/mol. The average Bonchev–Trinajstić information content (AvgIpc) is 2.93. The number of aliphatic hydroxyl groups excluding tert-OH is 1. The highest BCUT2D eigenvalue weighted by atomic mass is 16.3. The van der Waals surface area contributed by atoms with Gasteiger partial charge in [-0.2, -0.15) is 0 Å². The van der Waals surface area contributed by atoms with Gasteiger partial charge in [0.2, 0.25) is 11.9 Å². The lowest BCUT2D eigenvalue weighted by molar-refractivity contribution is -0.122. The summed E-state index contributed by atoms with van der Waals surface area (Å²) < 4.78 is 1.89. The third-order valence-corrected chi connectivity index (χ3v) is 4.89. The average molecular weight is 344 g/mol. The number of para-hydroxylation sites is 2. The second-order valence-electron chi connectivity index (χ2n) is 7.26. The van der Waals surface area contributed by atoms with Gasteiger partial charge in [0.15, 0.2) is 0 Å². The number of nitrogens with zero attached hydrogens (tertiary/aromatic N) is 2. The number of fused-ring (bicyclic) bond motifs is 1. The van der Waals surface area contributed by atoms with Crippen molar-refractivity contribution >= 4 is 22.9 Å². The Bertz CT molecular complexity index is 717. The molecule has 1 aromatic carbocycles. The molecule has 0 saturated heterocycles. The van der Waals surface area contributed by atoms with Crippen molar-refractivity contribution in [1.29, 1.82) is 0 Å². The van der Waals surface area contributed by atoms with Crippen LogP contribution >= 0.6 is 0 Å². The van der Waals surface area contributed by atoms with Gasteiger partial charge in [-0.3, -0.25) is 4.79 Å². The van der Waals surface area contributed by atoms with Crippen LogP contribution in [0.15, 0.2) is 24.3 Å². The van der Waals surface area contributed by atoms with E-state index in [2.05, 4.69) is 22.5 Å². The molecular formula is C19H28N4O2. The van der Waals surface area contributed by atoms with Crippen molar-refractivity contribution in [2.75, 3.05) is 11.9 Å². The highest BCUT2D eigenvalue weighted by Crippen LogP contribution is 2.24. The third-order valence-electron chi connectivity index (χ3n) is 4.89. The fourth-order valence-corrected chi connectivity index (χ4v) is 3.43. The molecule has 0 radical (unpaired) electrons. The Morgan fingerprint density at radius 3 is 2.76 bits per heavy atom. The van der Waals surface area contributed by atoms with Crippen molar-refractivity contribution in [3.8, 4) is 0 Å². The molecule has 3 rings (SSSR count). The fourth-order valence-electron chi connectivity index (χ4n) is 3.43. The van der Waals surface area contributed by atoms with Crippen LogP contribution in [0.25, 0.3) is 11.0 Å². The highest BCUT2D eigenvalue weighted by Gasteiger charge is 2.21. The number of rotatable bonds is 6. The molecule has 1 heterocycles. The van der Waals surface area contributed by atoms with Crippen LogP contribution in [0.1, 0.15) is 39.5 Å². The summed E-state index contributed by atoms with van der Waals surface area (Å²) in [5, 5.41) is 15.8. The Kier molecular flexibility index (Phi) is 5.58. The lowest BCUT2D eigenvalue weighted by atomic mass is 9.87. The number of carbonyl (C=O) groups is 1. The molecule has 0 spiro atoms. The molecule has 1 atom stereocenters. The minimum absolute atomic E-state index is 0.0165. The number of anilines is 1. The maximum Gasteiger partial charge on any atom is 0.240 e. The topological polar surface area (TPSA) is 79.2 Å². The van der Waals surface area contributed by atoms with Crippen LogP contribution in [0.3, 0.4) is 0 Å². The normalized spacial score (nSPS) is 21.9. The first-order chi connectivity index (χ1) is 12.0. The Labute approximate surface area is 148 Å². The molecule has 1 amide bonds. The first-order valence-corrected chi connectivity index (χ1v) is 9.19. The highest BCUT2D eigenvalue weighted by molar-refractivity contribution is 5.83. The number of aromatic nitrogens is 2. The van der Waals surface area contributed by atoms with Crippen LogP contribution in [0.4, 0.5) is 5.95 Å². The zero-order valence-electron chi connectivity index (χ0n) is 15.0. The molecule has 0 aliphatic heterocycles. The van der Waals surface area contributed by atoms with Crippen LogP contribution in [0, 0.1) is 5.92 Å². The SMILES string of the molecule is CC1CCC(NC(=O)Cn2c(NC[C@H](C)O)nc3ccccc32)CC1. The van der Waals surface area contributed by atoms with Gasteiger partial charge in [-0.15, -0.1) is 0 Å². The number of carbonyl (C=O) groups excluding carboxylic acids is 1. The summed E-state index contributed by atoms with van der Waals surface area (Å²) in [5.41, 5.74) is 1.76. The summed E-state index contributed by atoms with van der Waals surface area (Å²) in [6.45, 7) is 4.62. The van der Waals surface area contributed by atoms with Gasteiger partial charge < -0.3 is 20.3 Å². The van der Waals surface area contributed by atoms with Crippen molar-refractivity contribution in [2.45, 2.75) is 58.2 Å². The Morgan fingerprint density at radius 2 is 2.04 bits per heavy atom. The summed E-state index contributed by atoms with van der Waals surface area (Å²) in [7, 11) is 0. The second-order valence-corrected chi connectivity index (χ2v) is 7.26. The van der Waals surface area contributed by atoms with Gasteiger partial charge in [-0.25, -0.2) is 4.98 Å². The van der Waals surface area contributed by atoms with Crippen molar-refractivity contribution < 1.29 is 9.90 Å². The molecule has 1 aliphatic carbocycles. The van der Waals surface area contributed by atoms with Crippen LogP contribution in [0.2, 0.25) is 0 Å². The molecule has 1 saturated carbocycles. The van der Waals surface area contributed by atoms with E-state index in [0.29, 0.717) is 12.5 Å². The van der Waals surface area contributed by atoms with E-state index in [1.807, 2.05) is 28.8 Å².